The van der Waals surface area contributed by atoms with Crippen LogP contribution in [0.5, 0.6) is 0 Å². The second-order valence-corrected chi connectivity index (χ2v) is 9.18. The predicted octanol–water partition coefficient (Wildman–Crippen LogP) is 4.01. The maximum absolute atomic E-state index is 3.68. The summed E-state index contributed by atoms with van der Waals surface area (Å²) in [6.07, 6.45) is 3.87. The van der Waals surface area contributed by atoms with Gasteiger partial charge in [-0.15, -0.1) is 0 Å². The van der Waals surface area contributed by atoms with E-state index in [2.05, 4.69) is 63.5 Å². The van der Waals surface area contributed by atoms with E-state index < -0.39 is 0 Å². The van der Waals surface area contributed by atoms with E-state index >= 15 is 0 Å². The molecule has 0 bridgehead atoms. The Morgan fingerprint density at radius 1 is 1.20 bits per heavy atom. The van der Waals surface area contributed by atoms with E-state index in [-0.39, 0.29) is 0 Å². The van der Waals surface area contributed by atoms with Crippen LogP contribution in [0.15, 0.2) is 0 Å². The number of hydrogen-bond acceptors (Lipinski definition) is 3. The molecule has 0 spiro atoms. The van der Waals surface area contributed by atoms with Gasteiger partial charge in [0.25, 0.3) is 0 Å². The van der Waals surface area contributed by atoms with Crippen molar-refractivity contribution in [2.75, 3.05) is 31.9 Å². The van der Waals surface area contributed by atoms with Crippen LogP contribution >= 0.6 is 11.8 Å². The average molecular weight is 301 g/mol. The van der Waals surface area contributed by atoms with Crippen molar-refractivity contribution in [2.45, 2.75) is 71.6 Å². The van der Waals surface area contributed by atoms with Gasteiger partial charge in [0, 0.05) is 36.2 Å². The SMILES string of the molecule is CCC(CC)(CNC(C)C)CN1CCSC(C)(C)CC1. The summed E-state index contributed by atoms with van der Waals surface area (Å²) in [5.74, 6) is 1.29. The first kappa shape index (κ1) is 18.3. The summed E-state index contributed by atoms with van der Waals surface area (Å²) in [5.41, 5.74) is 0.448. The third-order valence-corrected chi connectivity index (χ3v) is 6.25. The van der Waals surface area contributed by atoms with Crippen LogP contribution < -0.4 is 5.32 Å². The lowest BCUT2D eigenvalue weighted by molar-refractivity contribution is 0.136. The number of nitrogens with one attached hydrogen (secondary N) is 1. The number of hydrogen-bond donors (Lipinski definition) is 1. The summed E-state index contributed by atoms with van der Waals surface area (Å²) >= 11 is 2.15. The fourth-order valence-corrected chi connectivity index (χ4v) is 4.03. The van der Waals surface area contributed by atoms with Gasteiger partial charge in [0.1, 0.15) is 0 Å². The molecule has 1 fully saturated rings. The predicted molar refractivity (Wildman–Crippen MR) is 93.7 cm³/mol. The quantitative estimate of drug-likeness (QED) is 0.765. The van der Waals surface area contributed by atoms with Gasteiger partial charge in [-0.25, -0.2) is 0 Å². The molecule has 120 valence electrons. The van der Waals surface area contributed by atoms with E-state index in [0.717, 1.165) is 6.54 Å². The molecular weight excluding hydrogens is 264 g/mol. The molecule has 0 aliphatic carbocycles. The number of rotatable bonds is 7. The molecule has 1 saturated heterocycles. The molecule has 0 unspecified atom stereocenters. The lowest BCUT2D eigenvalue weighted by Crippen LogP contribution is -2.45. The molecule has 0 amide bonds. The first-order valence-electron chi connectivity index (χ1n) is 8.42. The monoisotopic (exact) mass is 300 g/mol. The molecule has 2 nitrogen and oxygen atoms in total. The van der Waals surface area contributed by atoms with Gasteiger partial charge in [-0.2, -0.15) is 11.8 Å². The molecule has 3 heteroatoms. The van der Waals surface area contributed by atoms with Crippen LogP contribution in [0.1, 0.15) is 60.8 Å². The summed E-state index contributed by atoms with van der Waals surface area (Å²) in [4.78, 5) is 2.72. The molecule has 1 rings (SSSR count). The molecule has 1 aliphatic rings. The molecule has 1 heterocycles. The molecule has 0 aromatic heterocycles. The minimum absolute atomic E-state index is 0.448. The number of thioether (sulfide) groups is 1. The largest absolute Gasteiger partial charge is 0.314 e. The average Bonchev–Trinajstić information content (AvgIpc) is 2.56. The minimum Gasteiger partial charge on any atom is -0.314 e. The van der Waals surface area contributed by atoms with E-state index in [1.54, 1.807) is 0 Å². The molecular formula is C17H36N2S. The Bertz CT molecular complexity index is 272. The zero-order chi connectivity index (χ0) is 15.2. The molecule has 0 saturated carbocycles. The molecule has 20 heavy (non-hydrogen) atoms. The Hall–Kier alpha value is 0.270. The highest BCUT2D eigenvalue weighted by Gasteiger charge is 2.31. The van der Waals surface area contributed by atoms with Crippen molar-refractivity contribution in [1.82, 2.24) is 10.2 Å². The highest BCUT2D eigenvalue weighted by atomic mass is 32.2. The fraction of sp³-hybridized carbons (Fsp3) is 1.00. The van der Waals surface area contributed by atoms with Crippen molar-refractivity contribution < 1.29 is 0 Å². The van der Waals surface area contributed by atoms with E-state index in [4.69, 9.17) is 0 Å². The van der Waals surface area contributed by atoms with Gasteiger partial charge in [0.05, 0.1) is 0 Å². The van der Waals surface area contributed by atoms with E-state index in [1.807, 2.05) is 0 Å². The molecule has 0 atom stereocenters. The van der Waals surface area contributed by atoms with Gasteiger partial charge >= 0.3 is 0 Å². The van der Waals surface area contributed by atoms with Gasteiger partial charge in [0.2, 0.25) is 0 Å². The maximum atomic E-state index is 3.68. The zero-order valence-electron chi connectivity index (χ0n) is 14.6. The Balaban J connectivity index is 2.60. The third kappa shape index (κ3) is 5.95. The van der Waals surface area contributed by atoms with Gasteiger partial charge in [-0.05, 0) is 31.2 Å². The summed E-state index contributed by atoms with van der Waals surface area (Å²) in [6.45, 7) is 19.0. The van der Waals surface area contributed by atoms with Gasteiger partial charge in [0.15, 0.2) is 0 Å². The Morgan fingerprint density at radius 3 is 2.40 bits per heavy atom. The van der Waals surface area contributed by atoms with Crippen molar-refractivity contribution in [2.24, 2.45) is 5.41 Å². The topological polar surface area (TPSA) is 15.3 Å². The summed E-state index contributed by atoms with van der Waals surface area (Å²) in [5, 5.41) is 3.68. The lowest BCUT2D eigenvalue weighted by atomic mass is 9.81. The van der Waals surface area contributed by atoms with Gasteiger partial charge in [-0.3, -0.25) is 0 Å². The summed E-state index contributed by atoms with van der Waals surface area (Å²) in [6, 6.07) is 0.589. The van der Waals surface area contributed by atoms with Crippen LogP contribution in [0.4, 0.5) is 0 Å². The molecule has 1 N–H and O–H groups in total. The standard InChI is InChI=1S/C17H36N2S/c1-7-17(8-2,13-18-15(3)4)14-19-10-9-16(5,6)20-12-11-19/h15,18H,7-14H2,1-6H3. The molecule has 0 aromatic carbocycles. The van der Waals surface area contributed by atoms with Crippen molar-refractivity contribution >= 4 is 11.8 Å². The van der Waals surface area contributed by atoms with Crippen molar-refractivity contribution in [3.8, 4) is 0 Å². The van der Waals surface area contributed by atoms with Crippen LogP contribution in [0.2, 0.25) is 0 Å². The summed E-state index contributed by atoms with van der Waals surface area (Å²) in [7, 11) is 0. The van der Waals surface area contributed by atoms with Crippen LogP contribution in [0.3, 0.4) is 0 Å². The Morgan fingerprint density at radius 2 is 1.85 bits per heavy atom. The van der Waals surface area contributed by atoms with Crippen molar-refractivity contribution in [3.05, 3.63) is 0 Å². The van der Waals surface area contributed by atoms with E-state index in [1.165, 1.54) is 44.6 Å². The highest BCUT2D eigenvalue weighted by molar-refractivity contribution is 8.00. The van der Waals surface area contributed by atoms with Crippen LogP contribution in [-0.4, -0.2) is 47.6 Å². The Labute approximate surface area is 131 Å². The number of nitrogens with zero attached hydrogens (tertiary/aromatic N) is 1. The van der Waals surface area contributed by atoms with Crippen molar-refractivity contribution in [1.29, 1.82) is 0 Å². The highest BCUT2D eigenvalue weighted by Crippen LogP contribution is 2.33. The van der Waals surface area contributed by atoms with Crippen LogP contribution in [-0.2, 0) is 0 Å². The van der Waals surface area contributed by atoms with E-state index in [0.29, 0.717) is 16.2 Å². The zero-order valence-corrected chi connectivity index (χ0v) is 15.4. The smallest absolute Gasteiger partial charge is 0.0116 e. The maximum Gasteiger partial charge on any atom is 0.0116 e. The van der Waals surface area contributed by atoms with Crippen molar-refractivity contribution in [3.63, 3.8) is 0 Å². The Kier molecular flexibility index (Phi) is 7.37. The van der Waals surface area contributed by atoms with Crippen LogP contribution in [0.25, 0.3) is 0 Å². The summed E-state index contributed by atoms with van der Waals surface area (Å²) < 4.78 is 0.464. The second kappa shape index (κ2) is 8.05. The first-order chi connectivity index (χ1) is 9.32. The second-order valence-electron chi connectivity index (χ2n) is 7.38. The van der Waals surface area contributed by atoms with E-state index in [9.17, 15) is 0 Å². The minimum atomic E-state index is 0.448. The normalized spacial score (nSPS) is 21.1. The lowest BCUT2D eigenvalue weighted by Gasteiger charge is -2.38. The molecule has 0 radical (unpaired) electrons. The first-order valence-corrected chi connectivity index (χ1v) is 9.41. The van der Waals surface area contributed by atoms with Crippen LogP contribution in [0, 0.1) is 5.41 Å². The fourth-order valence-electron chi connectivity index (χ4n) is 2.89. The van der Waals surface area contributed by atoms with Gasteiger partial charge < -0.3 is 10.2 Å². The van der Waals surface area contributed by atoms with Gasteiger partial charge in [-0.1, -0.05) is 41.5 Å². The molecule has 1 aliphatic heterocycles. The third-order valence-electron chi connectivity index (χ3n) is 4.87. The molecule has 0 aromatic rings.